The molecule has 0 fully saturated rings. The van der Waals surface area contributed by atoms with Crippen molar-refractivity contribution in [2.75, 3.05) is 54.1 Å². The first kappa shape index (κ1) is 59.2. The minimum atomic E-state index is -4.29. The minimum Gasteiger partial charge on any atom is -0.457 e. The van der Waals surface area contributed by atoms with Crippen LogP contribution in [0.15, 0.2) is 60.8 Å². The summed E-state index contributed by atoms with van der Waals surface area (Å²) in [6, 6.07) is 0. The van der Waals surface area contributed by atoms with Crippen LogP contribution in [0.25, 0.3) is 0 Å². The molecule has 0 rings (SSSR count). The summed E-state index contributed by atoms with van der Waals surface area (Å²) in [6.45, 7) is 5.56. The maximum absolute atomic E-state index is 12.7. The number of hydrogen-bond acceptors (Lipinski definition) is 6. The molecule has 2 unspecified atom stereocenters. The first-order valence-electron chi connectivity index (χ1n) is 25.0. The van der Waals surface area contributed by atoms with Crippen LogP contribution in [0, 0.1) is 0 Å². The third-order valence-electron chi connectivity index (χ3n) is 10.6. The van der Waals surface area contributed by atoms with Crippen LogP contribution in [-0.4, -0.2) is 75.6 Å². The monoisotopic (exact) mass is 879 g/mol. The van der Waals surface area contributed by atoms with Gasteiger partial charge in [0.05, 0.1) is 34.4 Å². The largest absolute Gasteiger partial charge is 0.472 e. The van der Waals surface area contributed by atoms with Crippen LogP contribution in [-0.2, 0) is 27.9 Å². The molecule has 0 aliphatic rings. The van der Waals surface area contributed by atoms with Crippen molar-refractivity contribution in [2.24, 2.45) is 0 Å². The molecule has 8 nitrogen and oxygen atoms in total. The molecule has 61 heavy (non-hydrogen) atoms. The Labute approximate surface area is 377 Å². The Balaban J connectivity index is 4.20. The van der Waals surface area contributed by atoms with E-state index in [1.54, 1.807) is 0 Å². The van der Waals surface area contributed by atoms with Gasteiger partial charge in [0.25, 0.3) is 0 Å². The predicted molar refractivity (Wildman–Crippen MR) is 261 cm³/mol. The number of nitrogens with zero attached hydrogens (tertiary/aromatic N) is 1. The Morgan fingerprint density at radius 3 is 1.38 bits per heavy atom. The predicted octanol–water partition coefficient (Wildman–Crippen LogP) is 15.3. The number of carbonyl (C=O) groups is 1. The van der Waals surface area contributed by atoms with Crippen molar-refractivity contribution in [1.82, 2.24) is 0 Å². The highest BCUT2D eigenvalue weighted by atomic mass is 31.2. The zero-order valence-electron chi connectivity index (χ0n) is 40.4. The lowest BCUT2D eigenvalue weighted by Crippen LogP contribution is -2.37. The molecular formula is C52H97NO7P+. The molecule has 0 aromatic heterocycles. The van der Waals surface area contributed by atoms with E-state index in [-0.39, 0.29) is 25.8 Å². The van der Waals surface area contributed by atoms with Gasteiger partial charge in [0, 0.05) is 13.0 Å². The van der Waals surface area contributed by atoms with Crippen molar-refractivity contribution in [3.8, 4) is 0 Å². The first-order chi connectivity index (χ1) is 29.6. The molecule has 9 heteroatoms. The van der Waals surface area contributed by atoms with Crippen LogP contribution < -0.4 is 0 Å². The van der Waals surface area contributed by atoms with Crippen molar-refractivity contribution in [2.45, 2.75) is 213 Å². The number of phosphoric ester groups is 1. The molecule has 0 saturated carbocycles. The fraction of sp³-hybridized carbons (Fsp3) is 0.788. The molecule has 0 radical (unpaired) electrons. The molecule has 0 aliphatic heterocycles. The number of phosphoric acid groups is 1. The highest BCUT2D eigenvalue weighted by molar-refractivity contribution is 7.47. The normalized spacial score (nSPS) is 14.1. The summed E-state index contributed by atoms with van der Waals surface area (Å²) in [5.74, 6) is -0.326. The van der Waals surface area contributed by atoms with Gasteiger partial charge in [-0.2, -0.15) is 0 Å². The fourth-order valence-corrected chi connectivity index (χ4v) is 7.39. The second kappa shape index (κ2) is 44.8. The third-order valence-corrected chi connectivity index (χ3v) is 11.5. The molecular weight excluding hydrogens is 782 g/mol. The number of quaternary nitrogens is 1. The second-order valence-corrected chi connectivity index (χ2v) is 19.3. The van der Waals surface area contributed by atoms with Crippen LogP contribution >= 0.6 is 7.82 Å². The molecule has 0 aliphatic carbocycles. The van der Waals surface area contributed by atoms with E-state index >= 15 is 0 Å². The van der Waals surface area contributed by atoms with Gasteiger partial charge in [-0.3, -0.25) is 13.8 Å². The van der Waals surface area contributed by atoms with Gasteiger partial charge in [-0.15, -0.1) is 0 Å². The lowest BCUT2D eigenvalue weighted by atomic mass is 10.1. The molecule has 0 bridgehead atoms. The highest BCUT2D eigenvalue weighted by Gasteiger charge is 2.26. The van der Waals surface area contributed by atoms with Crippen LogP contribution in [0.1, 0.15) is 206 Å². The Morgan fingerprint density at radius 2 is 0.902 bits per heavy atom. The molecule has 0 aromatic rings. The van der Waals surface area contributed by atoms with E-state index < -0.39 is 13.9 Å². The van der Waals surface area contributed by atoms with E-state index in [2.05, 4.69) is 74.6 Å². The summed E-state index contributed by atoms with van der Waals surface area (Å²) in [7, 11) is 1.65. The van der Waals surface area contributed by atoms with Crippen LogP contribution in [0.5, 0.6) is 0 Å². The molecule has 0 amide bonds. The SMILES string of the molecule is CCCCC/C=C\C/C=C\CCCCCCCCCC(=O)OC(COCCCCCCCCC/C=C\C/C=C\C/C=C\CCCCCCC)COP(=O)(O)OCC[N+](C)(C)C. The van der Waals surface area contributed by atoms with Gasteiger partial charge < -0.3 is 18.9 Å². The zero-order valence-corrected chi connectivity index (χ0v) is 41.3. The van der Waals surface area contributed by atoms with Crippen LogP contribution in [0.3, 0.4) is 0 Å². The molecule has 0 heterocycles. The minimum absolute atomic E-state index is 0.0824. The average molecular weight is 879 g/mol. The first-order valence-corrected chi connectivity index (χ1v) is 26.5. The van der Waals surface area contributed by atoms with Gasteiger partial charge in [-0.05, 0) is 83.5 Å². The maximum atomic E-state index is 12.7. The summed E-state index contributed by atoms with van der Waals surface area (Å²) < 4.78 is 35.1. The lowest BCUT2D eigenvalue weighted by molar-refractivity contribution is -0.870. The molecule has 1 N–H and O–H groups in total. The molecule has 0 saturated heterocycles. The van der Waals surface area contributed by atoms with Gasteiger partial charge in [0.15, 0.2) is 0 Å². The summed E-state index contributed by atoms with van der Waals surface area (Å²) in [4.78, 5) is 23.0. The van der Waals surface area contributed by atoms with E-state index in [9.17, 15) is 14.3 Å². The number of allylic oxidation sites excluding steroid dienone is 10. The number of likely N-dealkylation sites (N-methyl/N-ethyl adjacent to an activating group) is 1. The Hall–Kier alpha value is -1.80. The van der Waals surface area contributed by atoms with Gasteiger partial charge in [-0.25, -0.2) is 4.57 Å². The summed E-state index contributed by atoms with van der Waals surface area (Å²) in [6.07, 6.45) is 56.8. The number of unbranched alkanes of at least 4 members (excludes halogenated alkanes) is 22. The summed E-state index contributed by atoms with van der Waals surface area (Å²) in [5.41, 5.74) is 0. The Bertz CT molecular complexity index is 1160. The van der Waals surface area contributed by atoms with E-state index in [4.69, 9.17) is 18.5 Å². The van der Waals surface area contributed by atoms with Gasteiger partial charge in [-0.1, -0.05) is 177 Å². The lowest BCUT2D eigenvalue weighted by Gasteiger charge is -2.24. The smallest absolute Gasteiger partial charge is 0.457 e. The summed E-state index contributed by atoms with van der Waals surface area (Å²) in [5, 5.41) is 0. The number of ether oxygens (including phenoxy) is 2. The maximum Gasteiger partial charge on any atom is 0.472 e. The molecule has 0 spiro atoms. The third kappa shape index (κ3) is 49.1. The van der Waals surface area contributed by atoms with Crippen molar-refractivity contribution < 1.29 is 37.3 Å². The highest BCUT2D eigenvalue weighted by Crippen LogP contribution is 2.43. The Morgan fingerprint density at radius 1 is 0.508 bits per heavy atom. The zero-order chi connectivity index (χ0) is 44.8. The fourth-order valence-electron chi connectivity index (χ4n) is 6.65. The summed E-state index contributed by atoms with van der Waals surface area (Å²) >= 11 is 0. The molecule has 356 valence electrons. The van der Waals surface area contributed by atoms with Crippen molar-refractivity contribution >= 4 is 13.8 Å². The second-order valence-electron chi connectivity index (χ2n) is 17.8. The molecule has 0 aromatic carbocycles. The van der Waals surface area contributed by atoms with Gasteiger partial charge in [0.1, 0.15) is 19.3 Å². The van der Waals surface area contributed by atoms with E-state index in [1.165, 1.54) is 122 Å². The topological polar surface area (TPSA) is 91.3 Å². The van der Waals surface area contributed by atoms with Crippen molar-refractivity contribution in [3.63, 3.8) is 0 Å². The van der Waals surface area contributed by atoms with Crippen molar-refractivity contribution in [1.29, 1.82) is 0 Å². The molecule has 2 atom stereocenters. The average Bonchev–Trinajstić information content (AvgIpc) is 3.22. The van der Waals surface area contributed by atoms with Crippen molar-refractivity contribution in [3.05, 3.63) is 60.8 Å². The van der Waals surface area contributed by atoms with E-state index in [0.29, 0.717) is 24.1 Å². The van der Waals surface area contributed by atoms with Crippen LogP contribution in [0.4, 0.5) is 0 Å². The number of carbonyl (C=O) groups excluding carboxylic acids is 1. The quantitative estimate of drug-likeness (QED) is 0.0214. The van der Waals surface area contributed by atoms with Gasteiger partial charge in [0.2, 0.25) is 0 Å². The van der Waals surface area contributed by atoms with E-state index in [0.717, 1.165) is 64.2 Å². The number of rotatable bonds is 46. The standard InChI is InChI=1S/C52H96NO7P/c1-6-8-10-12-14-16-18-20-22-24-25-26-27-28-30-32-34-36-38-40-42-44-47-57-49-51(50-59-61(55,56)58-48-46-53(3,4)5)60-52(54)45-43-41-39-37-35-33-31-29-23-21-19-17-15-13-11-9-7-2/h15,17-18,20-21,23-25,27-28,51H,6-14,16,19,22,26,29-50H2,1-5H3/p+1/b17-15-,20-18-,23-21-,25-24-,28-27-. The van der Waals surface area contributed by atoms with Gasteiger partial charge >= 0.3 is 13.8 Å². The number of esters is 1. The Kier molecular flexibility index (Phi) is 43.5. The van der Waals surface area contributed by atoms with Crippen LogP contribution in [0.2, 0.25) is 0 Å². The number of hydrogen-bond donors (Lipinski definition) is 1. The van der Waals surface area contributed by atoms with E-state index in [1.807, 2.05) is 21.1 Å².